The molecule has 0 spiro atoms. The first-order valence-electron chi connectivity index (χ1n) is 10.2. The van der Waals surface area contributed by atoms with Crippen molar-refractivity contribution in [2.24, 2.45) is 0 Å². The van der Waals surface area contributed by atoms with Crippen LogP contribution in [0.15, 0.2) is 52.1 Å². The van der Waals surface area contributed by atoms with Crippen molar-refractivity contribution in [3.05, 3.63) is 85.7 Å². The highest BCUT2D eigenvalue weighted by Gasteiger charge is 2.18. The van der Waals surface area contributed by atoms with Gasteiger partial charge >= 0.3 is 0 Å². The molecule has 2 aliphatic rings. The summed E-state index contributed by atoms with van der Waals surface area (Å²) in [6, 6.07) is 12.1. The number of nitrogens with one attached hydrogen (secondary N) is 1. The van der Waals surface area contributed by atoms with Gasteiger partial charge in [0.25, 0.3) is 11.1 Å². The summed E-state index contributed by atoms with van der Waals surface area (Å²) < 4.78 is 15.6. The number of benzene rings is 2. The lowest BCUT2D eigenvalue weighted by Gasteiger charge is -2.21. The lowest BCUT2D eigenvalue weighted by atomic mass is 9.97. The standard InChI is InChI=1S/C24H24FN3O2/c1-4-16-12-19-20(10-15(16)3)28(21-13-22(29)27-24(30)23(21)26-19)9-8-14(2)17-6-5-7-18(25)11-17/h5-7,10-14H,4,8-9H2,1-3H3,(H,27,29,30). The lowest BCUT2D eigenvalue weighted by molar-refractivity contribution is 0.578. The number of H-pyrrole nitrogens is 1. The summed E-state index contributed by atoms with van der Waals surface area (Å²) in [6.07, 6.45) is 1.59. The van der Waals surface area contributed by atoms with Gasteiger partial charge in [-0.05, 0) is 66.6 Å². The molecule has 0 amide bonds. The van der Waals surface area contributed by atoms with Crippen LogP contribution in [-0.4, -0.2) is 14.5 Å². The van der Waals surface area contributed by atoms with Gasteiger partial charge in [-0.25, -0.2) is 9.37 Å². The van der Waals surface area contributed by atoms with Crippen molar-refractivity contribution in [2.45, 2.75) is 46.1 Å². The number of fused-ring (bicyclic) bond motifs is 2. The molecule has 5 nitrogen and oxygen atoms in total. The van der Waals surface area contributed by atoms with E-state index in [0.717, 1.165) is 35.0 Å². The zero-order chi connectivity index (χ0) is 21.4. The smallest absolute Gasteiger partial charge is 0.278 e. The molecule has 2 heterocycles. The molecular weight excluding hydrogens is 381 g/mol. The molecule has 6 heteroatoms. The Balaban J connectivity index is 1.86. The third-order valence-electron chi connectivity index (χ3n) is 5.79. The van der Waals surface area contributed by atoms with Crippen molar-refractivity contribution in [1.82, 2.24) is 14.5 Å². The summed E-state index contributed by atoms with van der Waals surface area (Å²) in [6.45, 7) is 6.76. The first kappa shape index (κ1) is 20.0. The third kappa shape index (κ3) is 3.65. The summed E-state index contributed by atoms with van der Waals surface area (Å²) in [5.74, 6) is -0.145. The number of hydrogen-bond acceptors (Lipinski definition) is 3. The zero-order valence-electron chi connectivity index (χ0n) is 17.3. The van der Waals surface area contributed by atoms with Crippen LogP contribution in [0, 0.1) is 12.7 Å². The van der Waals surface area contributed by atoms with Gasteiger partial charge in [0.05, 0.1) is 16.7 Å². The molecule has 0 radical (unpaired) electrons. The van der Waals surface area contributed by atoms with Crippen LogP contribution >= 0.6 is 0 Å². The number of hydrogen-bond donors (Lipinski definition) is 1. The Morgan fingerprint density at radius 2 is 1.97 bits per heavy atom. The van der Waals surface area contributed by atoms with E-state index < -0.39 is 11.1 Å². The van der Waals surface area contributed by atoms with Crippen molar-refractivity contribution >= 4 is 11.0 Å². The van der Waals surface area contributed by atoms with E-state index in [0.29, 0.717) is 12.2 Å². The fourth-order valence-electron chi connectivity index (χ4n) is 4.03. The van der Waals surface area contributed by atoms with Gasteiger partial charge in [0, 0.05) is 12.6 Å². The van der Waals surface area contributed by atoms with Gasteiger partial charge in [-0.15, -0.1) is 0 Å². The third-order valence-corrected chi connectivity index (χ3v) is 5.79. The monoisotopic (exact) mass is 405 g/mol. The van der Waals surface area contributed by atoms with Gasteiger partial charge in [0.2, 0.25) is 0 Å². The Labute approximate surface area is 173 Å². The Kier molecular flexibility index (Phi) is 5.24. The van der Waals surface area contributed by atoms with E-state index in [-0.39, 0.29) is 17.4 Å². The first-order valence-corrected chi connectivity index (χ1v) is 10.2. The normalized spacial score (nSPS) is 12.5. The van der Waals surface area contributed by atoms with Crippen LogP contribution in [0.2, 0.25) is 0 Å². The highest BCUT2D eigenvalue weighted by atomic mass is 19.1. The van der Waals surface area contributed by atoms with Gasteiger partial charge in [-0.2, -0.15) is 0 Å². The van der Waals surface area contributed by atoms with Crippen LogP contribution in [0.4, 0.5) is 4.39 Å². The van der Waals surface area contributed by atoms with E-state index >= 15 is 0 Å². The molecule has 2 aromatic rings. The highest BCUT2D eigenvalue weighted by Crippen LogP contribution is 2.28. The summed E-state index contributed by atoms with van der Waals surface area (Å²) >= 11 is 0. The summed E-state index contributed by atoms with van der Waals surface area (Å²) in [5.41, 5.74) is 4.70. The van der Waals surface area contributed by atoms with E-state index in [1.807, 2.05) is 23.6 Å². The van der Waals surface area contributed by atoms with E-state index in [2.05, 4.69) is 29.9 Å². The maximum Gasteiger partial charge on any atom is 0.278 e. The maximum absolute atomic E-state index is 13.6. The lowest BCUT2D eigenvalue weighted by Crippen LogP contribution is -2.25. The van der Waals surface area contributed by atoms with Crippen molar-refractivity contribution < 1.29 is 4.39 Å². The second-order valence-electron chi connectivity index (χ2n) is 7.83. The number of aromatic amines is 1. The number of aromatic nitrogens is 3. The molecule has 0 aromatic heterocycles. The van der Waals surface area contributed by atoms with Crippen molar-refractivity contribution in [1.29, 1.82) is 0 Å². The van der Waals surface area contributed by atoms with Gasteiger partial charge in [0.15, 0.2) is 5.69 Å². The van der Waals surface area contributed by atoms with E-state index in [9.17, 15) is 14.0 Å². The van der Waals surface area contributed by atoms with Crippen molar-refractivity contribution in [2.75, 3.05) is 0 Å². The molecule has 0 bridgehead atoms. The van der Waals surface area contributed by atoms with Crippen LogP contribution < -0.4 is 11.1 Å². The van der Waals surface area contributed by atoms with E-state index in [1.165, 1.54) is 17.7 Å². The van der Waals surface area contributed by atoms with Crippen LogP contribution in [0.5, 0.6) is 0 Å². The SMILES string of the molecule is CCc1cc2nc3c(=O)[nH]c(=O)cc-3n(CCC(C)c3cccc(F)c3)c2cc1C. The van der Waals surface area contributed by atoms with Crippen LogP contribution in [0.3, 0.4) is 0 Å². The summed E-state index contributed by atoms with van der Waals surface area (Å²) in [7, 11) is 0. The molecular formula is C24H24FN3O2. The number of rotatable bonds is 5. The minimum absolute atomic E-state index is 0.108. The number of halogens is 1. The predicted molar refractivity (Wildman–Crippen MR) is 117 cm³/mol. The topological polar surface area (TPSA) is 67.8 Å². The number of pyridine rings is 1. The fraction of sp³-hybridized carbons (Fsp3) is 0.292. The molecule has 1 unspecified atom stereocenters. The molecule has 0 fully saturated rings. The minimum Gasteiger partial charge on any atom is -0.338 e. The average Bonchev–Trinajstić information content (AvgIpc) is 2.71. The fourth-order valence-corrected chi connectivity index (χ4v) is 4.03. The molecule has 0 saturated heterocycles. The van der Waals surface area contributed by atoms with E-state index in [4.69, 9.17) is 0 Å². The summed E-state index contributed by atoms with van der Waals surface area (Å²) in [4.78, 5) is 31.3. The molecule has 4 rings (SSSR count). The second kappa shape index (κ2) is 7.86. The van der Waals surface area contributed by atoms with Gasteiger partial charge in [-0.1, -0.05) is 26.0 Å². The van der Waals surface area contributed by atoms with Crippen molar-refractivity contribution in [3.63, 3.8) is 0 Å². The van der Waals surface area contributed by atoms with Gasteiger partial charge in [-0.3, -0.25) is 14.6 Å². The molecule has 0 aliphatic carbocycles. The molecule has 30 heavy (non-hydrogen) atoms. The van der Waals surface area contributed by atoms with Gasteiger partial charge < -0.3 is 4.57 Å². The van der Waals surface area contributed by atoms with Crippen LogP contribution in [0.1, 0.15) is 42.9 Å². The predicted octanol–water partition coefficient (Wildman–Crippen LogP) is 4.39. The Morgan fingerprint density at radius 3 is 2.70 bits per heavy atom. The Hall–Kier alpha value is -3.28. The Morgan fingerprint density at radius 1 is 1.17 bits per heavy atom. The highest BCUT2D eigenvalue weighted by molar-refractivity contribution is 5.81. The minimum atomic E-state index is -0.482. The molecule has 154 valence electrons. The molecule has 2 aromatic carbocycles. The number of nitrogens with zero attached hydrogens (tertiary/aromatic N) is 2. The van der Waals surface area contributed by atoms with Crippen LogP contribution in [-0.2, 0) is 13.0 Å². The zero-order valence-corrected chi connectivity index (χ0v) is 17.3. The average molecular weight is 405 g/mol. The molecule has 1 N–H and O–H groups in total. The molecule has 0 saturated carbocycles. The van der Waals surface area contributed by atoms with Gasteiger partial charge in [0.1, 0.15) is 5.82 Å². The summed E-state index contributed by atoms with van der Waals surface area (Å²) in [5, 5.41) is 0. The number of aryl methyl sites for hydroxylation is 3. The molecule has 1 atom stereocenters. The van der Waals surface area contributed by atoms with E-state index in [1.54, 1.807) is 12.1 Å². The molecule has 2 aliphatic heterocycles. The largest absolute Gasteiger partial charge is 0.338 e. The van der Waals surface area contributed by atoms with Crippen LogP contribution in [0.25, 0.3) is 22.4 Å². The van der Waals surface area contributed by atoms with Crippen molar-refractivity contribution in [3.8, 4) is 11.4 Å². The quantitative estimate of drug-likeness (QED) is 0.501. The Bertz CT molecular complexity index is 1320. The second-order valence-corrected chi connectivity index (χ2v) is 7.83. The maximum atomic E-state index is 13.6. The first-order chi connectivity index (χ1) is 14.4.